The standard InChI is InChI=1S/C12H19N3OS/c1-4-10(8-17-3)14-12(16)15-11-7-5-6-9(2)13-11/h5-7,10H,4,8H2,1-3H3,(H2,13,14,15,16)/t10-/m0/s1. The third-order valence-electron chi connectivity index (χ3n) is 2.33. The van der Waals surface area contributed by atoms with Crippen molar-refractivity contribution in [3.05, 3.63) is 23.9 Å². The van der Waals surface area contributed by atoms with Crippen molar-refractivity contribution in [3.8, 4) is 0 Å². The molecular formula is C12H19N3OS. The minimum atomic E-state index is -0.191. The molecule has 17 heavy (non-hydrogen) atoms. The first-order valence-electron chi connectivity index (χ1n) is 5.65. The molecule has 4 nitrogen and oxygen atoms in total. The number of carbonyl (C=O) groups is 1. The van der Waals surface area contributed by atoms with Gasteiger partial charge in [0.25, 0.3) is 0 Å². The van der Waals surface area contributed by atoms with Gasteiger partial charge in [-0.2, -0.15) is 11.8 Å². The van der Waals surface area contributed by atoms with Gasteiger partial charge in [-0.15, -0.1) is 0 Å². The number of hydrogen-bond donors (Lipinski definition) is 2. The van der Waals surface area contributed by atoms with E-state index in [-0.39, 0.29) is 12.1 Å². The predicted octanol–water partition coefficient (Wildman–Crippen LogP) is 2.65. The van der Waals surface area contributed by atoms with Crippen LogP contribution in [0, 0.1) is 6.92 Å². The lowest BCUT2D eigenvalue weighted by Crippen LogP contribution is -2.39. The van der Waals surface area contributed by atoms with E-state index in [1.165, 1.54) is 0 Å². The summed E-state index contributed by atoms with van der Waals surface area (Å²) in [6, 6.07) is 5.56. The molecule has 0 unspecified atom stereocenters. The smallest absolute Gasteiger partial charge is 0.320 e. The zero-order valence-electron chi connectivity index (χ0n) is 10.5. The average Bonchev–Trinajstić information content (AvgIpc) is 2.28. The first kappa shape index (κ1) is 13.8. The van der Waals surface area contributed by atoms with Crippen LogP contribution in [0.3, 0.4) is 0 Å². The molecule has 1 rings (SSSR count). The number of nitrogens with zero attached hydrogens (tertiary/aromatic N) is 1. The molecule has 5 heteroatoms. The monoisotopic (exact) mass is 253 g/mol. The molecule has 0 saturated carbocycles. The Balaban J connectivity index is 2.49. The third kappa shape index (κ3) is 5.08. The number of aryl methyl sites for hydroxylation is 1. The van der Waals surface area contributed by atoms with Gasteiger partial charge >= 0.3 is 6.03 Å². The van der Waals surface area contributed by atoms with E-state index in [2.05, 4.69) is 22.5 Å². The molecule has 0 radical (unpaired) electrons. The molecule has 94 valence electrons. The molecule has 0 saturated heterocycles. The lowest BCUT2D eigenvalue weighted by Gasteiger charge is -2.16. The number of carbonyl (C=O) groups excluding carboxylic acids is 1. The lowest BCUT2D eigenvalue weighted by molar-refractivity contribution is 0.249. The fourth-order valence-corrected chi connectivity index (χ4v) is 2.13. The van der Waals surface area contributed by atoms with Crippen LogP contribution >= 0.6 is 11.8 Å². The average molecular weight is 253 g/mol. The van der Waals surface area contributed by atoms with Gasteiger partial charge in [-0.1, -0.05) is 13.0 Å². The summed E-state index contributed by atoms with van der Waals surface area (Å²) < 4.78 is 0. The van der Waals surface area contributed by atoms with Gasteiger partial charge in [0, 0.05) is 17.5 Å². The predicted molar refractivity (Wildman–Crippen MR) is 73.6 cm³/mol. The summed E-state index contributed by atoms with van der Waals surface area (Å²) >= 11 is 1.73. The fraction of sp³-hybridized carbons (Fsp3) is 0.500. The Kier molecular flexibility index (Phi) is 5.83. The van der Waals surface area contributed by atoms with Crippen molar-refractivity contribution in [2.24, 2.45) is 0 Å². The number of rotatable bonds is 5. The topological polar surface area (TPSA) is 54.0 Å². The van der Waals surface area contributed by atoms with Crippen molar-refractivity contribution >= 4 is 23.6 Å². The zero-order valence-corrected chi connectivity index (χ0v) is 11.3. The van der Waals surface area contributed by atoms with E-state index in [1.807, 2.05) is 25.3 Å². The number of hydrogen-bond acceptors (Lipinski definition) is 3. The van der Waals surface area contributed by atoms with Crippen LogP contribution in [-0.4, -0.2) is 29.1 Å². The van der Waals surface area contributed by atoms with Gasteiger partial charge in [0.2, 0.25) is 0 Å². The van der Waals surface area contributed by atoms with Crippen LogP contribution in [0.2, 0.25) is 0 Å². The maximum atomic E-state index is 11.7. The molecule has 1 aromatic rings. The Hall–Kier alpha value is -1.23. The summed E-state index contributed by atoms with van der Waals surface area (Å²) in [4.78, 5) is 15.9. The van der Waals surface area contributed by atoms with Crippen LogP contribution in [0.15, 0.2) is 18.2 Å². The van der Waals surface area contributed by atoms with E-state index in [0.717, 1.165) is 17.9 Å². The van der Waals surface area contributed by atoms with Crippen molar-refractivity contribution in [2.45, 2.75) is 26.3 Å². The molecule has 0 fully saturated rings. The van der Waals surface area contributed by atoms with Crippen molar-refractivity contribution in [1.82, 2.24) is 10.3 Å². The van der Waals surface area contributed by atoms with Gasteiger partial charge in [0.05, 0.1) is 0 Å². The van der Waals surface area contributed by atoms with Crippen molar-refractivity contribution in [2.75, 3.05) is 17.3 Å². The van der Waals surface area contributed by atoms with Gasteiger partial charge in [0.15, 0.2) is 0 Å². The van der Waals surface area contributed by atoms with E-state index in [9.17, 15) is 4.79 Å². The third-order valence-corrected chi connectivity index (χ3v) is 3.06. The summed E-state index contributed by atoms with van der Waals surface area (Å²) in [6.45, 7) is 3.96. The number of pyridine rings is 1. The van der Waals surface area contributed by atoms with Crippen LogP contribution in [-0.2, 0) is 0 Å². The molecule has 1 aromatic heterocycles. The van der Waals surface area contributed by atoms with Crippen LogP contribution in [0.1, 0.15) is 19.0 Å². The van der Waals surface area contributed by atoms with E-state index in [1.54, 1.807) is 17.8 Å². The Morgan fingerprint density at radius 3 is 2.88 bits per heavy atom. The Morgan fingerprint density at radius 2 is 2.29 bits per heavy atom. The fourth-order valence-electron chi connectivity index (χ4n) is 1.41. The normalized spacial score (nSPS) is 11.9. The molecule has 2 amide bonds. The summed E-state index contributed by atoms with van der Waals surface area (Å²) in [5.74, 6) is 1.51. The van der Waals surface area contributed by atoms with E-state index >= 15 is 0 Å². The first-order chi connectivity index (χ1) is 8.15. The minimum Gasteiger partial charge on any atom is -0.334 e. The molecule has 2 N–H and O–H groups in total. The Labute approximate surface area is 107 Å². The van der Waals surface area contributed by atoms with Gasteiger partial charge in [0.1, 0.15) is 5.82 Å². The molecule has 0 aliphatic carbocycles. The number of thioether (sulfide) groups is 1. The van der Waals surface area contributed by atoms with E-state index in [4.69, 9.17) is 0 Å². The van der Waals surface area contributed by atoms with E-state index < -0.39 is 0 Å². The highest BCUT2D eigenvalue weighted by Gasteiger charge is 2.09. The second-order valence-electron chi connectivity index (χ2n) is 3.82. The Morgan fingerprint density at radius 1 is 1.53 bits per heavy atom. The molecule has 0 aliphatic rings. The van der Waals surface area contributed by atoms with E-state index in [0.29, 0.717) is 5.82 Å². The number of nitrogens with one attached hydrogen (secondary N) is 2. The maximum absolute atomic E-state index is 11.7. The highest BCUT2D eigenvalue weighted by molar-refractivity contribution is 7.98. The molecule has 0 aromatic carbocycles. The largest absolute Gasteiger partial charge is 0.334 e. The summed E-state index contributed by atoms with van der Waals surface area (Å²) in [5.41, 5.74) is 0.888. The number of anilines is 1. The first-order valence-corrected chi connectivity index (χ1v) is 7.05. The summed E-state index contributed by atoms with van der Waals surface area (Å²) in [6.07, 6.45) is 2.96. The van der Waals surface area contributed by atoms with Gasteiger partial charge in [-0.05, 0) is 31.7 Å². The molecule has 0 bridgehead atoms. The number of urea groups is 1. The number of amides is 2. The van der Waals surface area contributed by atoms with Gasteiger partial charge < -0.3 is 5.32 Å². The molecule has 0 aliphatic heterocycles. The molecule has 1 heterocycles. The van der Waals surface area contributed by atoms with Crippen molar-refractivity contribution < 1.29 is 4.79 Å². The van der Waals surface area contributed by atoms with Crippen LogP contribution in [0.4, 0.5) is 10.6 Å². The van der Waals surface area contributed by atoms with Gasteiger partial charge in [-0.3, -0.25) is 5.32 Å². The second-order valence-corrected chi connectivity index (χ2v) is 4.73. The quantitative estimate of drug-likeness (QED) is 0.848. The highest BCUT2D eigenvalue weighted by atomic mass is 32.2. The second kappa shape index (κ2) is 7.17. The van der Waals surface area contributed by atoms with Crippen molar-refractivity contribution in [3.63, 3.8) is 0 Å². The SMILES string of the molecule is CC[C@@H](CSC)NC(=O)Nc1cccc(C)n1. The maximum Gasteiger partial charge on any atom is 0.320 e. The summed E-state index contributed by atoms with van der Waals surface area (Å²) in [7, 11) is 0. The minimum absolute atomic E-state index is 0.191. The zero-order chi connectivity index (χ0) is 12.7. The van der Waals surface area contributed by atoms with Crippen LogP contribution in [0.5, 0.6) is 0 Å². The molecular weight excluding hydrogens is 234 g/mol. The molecule has 1 atom stereocenters. The summed E-state index contributed by atoms with van der Waals surface area (Å²) in [5, 5.41) is 5.66. The number of aromatic nitrogens is 1. The lowest BCUT2D eigenvalue weighted by atomic mass is 10.3. The van der Waals surface area contributed by atoms with Gasteiger partial charge in [-0.25, -0.2) is 9.78 Å². The highest BCUT2D eigenvalue weighted by Crippen LogP contribution is 2.05. The molecule has 0 spiro atoms. The van der Waals surface area contributed by atoms with Crippen LogP contribution < -0.4 is 10.6 Å². The van der Waals surface area contributed by atoms with Crippen LogP contribution in [0.25, 0.3) is 0 Å². The van der Waals surface area contributed by atoms with Crippen molar-refractivity contribution in [1.29, 1.82) is 0 Å². The Bertz CT molecular complexity index is 371.